The summed E-state index contributed by atoms with van der Waals surface area (Å²) in [5, 5.41) is 13.4. The highest BCUT2D eigenvalue weighted by molar-refractivity contribution is 5.60. The fourth-order valence-electron chi connectivity index (χ4n) is 5.74. The molecule has 2 aromatic heterocycles. The third kappa shape index (κ3) is 4.30. The lowest BCUT2D eigenvalue weighted by atomic mass is 9.88. The van der Waals surface area contributed by atoms with Crippen molar-refractivity contribution in [1.29, 1.82) is 0 Å². The molecule has 0 amide bonds. The second-order valence-corrected chi connectivity index (χ2v) is 9.87. The topological polar surface area (TPSA) is 56.1 Å². The van der Waals surface area contributed by atoms with Gasteiger partial charge in [-0.1, -0.05) is 0 Å². The summed E-state index contributed by atoms with van der Waals surface area (Å²) in [7, 11) is 1.94. The highest BCUT2D eigenvalue weighted by atomic mass is 16.5. The first-order valence-electron chi connectivity index (χ1n) is 11.7. The number of hydrogen-bond donors (Lipinski definition) is 0. The van der Waals surface area contributed by atoms with Crippen molar-refractivity contribution in [2.24, 2.45) is 24.3 Å². The van der Waals surface area contributed by atoms with Gasteiger partial charge < -0.3 is 9.64 Å². The SMILES string of the molecule is Cc1nn(C)cc1-c1ccc(CCC2CC23CCN(CC2CCOCC2)CC3)nn1. The average molecular weight is 410 g/mol. The summed E-state index contributed by atoms with van der Waals surface area (Å²) < 4.78 is 7.35. The van der Waals surface area contributed by atoms with E-state index in [2.05, 4.69) is 32.3 Å². The van der Waals surface area contributed by atoms with Crippen LogP contribution in [0.25, 0.3) is 11.3 Å². The Morgan fingerprint density at radius 2 is 1.93 bits per heavy atom. The Labute approximate surface area is 180 Å². The summed E-state index contributed by atoms with van der Waals surface area (Å²) >= 11 is 0. The second-order valence-electron chi connectivity index (χ2n) is 9.87. The van der Waals surface area contributed by atoms with Crippen LogP contribution < -0.4 is 0 Å². The number of hydrogen-bond acceptors (Lipinski definition) is 5. The summed E-state index contributed by atoms with van der Waals surface area (Å²) in [6.45, 7) is 7.85. The smallest absolute Gasteiger partial charge is 0.0964 e. The molecular formula is C24H35N5O. The molecule has 0 N–H and O–H groups in total. The van der Waals surface area contributed by atoms with Gasteiger partial charge in [0.05, 0.1) is 17.1 Å². The molecule has 2 saturated heterocycles. The van der Waals surface area contributed by atoms with Crippen LogP contribution in [0.15, 0.2) is 18.3 Å². The predicted octanol–water partition coefficient (Wildman–Crippen LogP) is 3.65. The molecule has 3 fully saturated rings. The maximum atomic E-state index is 5.51. The fraction of sp³-hybridized carbons (Fsp3) is 0.708. The van der Waals surface area contributed by atoms with E-state index in [1.807, 2.05) is 24.9 Å². The van der Waals surface area contributed by atoms with E-state index in [9.17, 15) is 0 Å². The minimum Gasteiger partial charge on any atom is -0.381 e. The molecule has 1 aliphatic carbocycles. The van der Waals surface area contributed by atoms with E-state index in [0.29, 0.717) is 5.41 Å². The van der Waals surface area contributed by atoms with Gasteiger partial charge in [-0.25, -0.2) is 0 Å². The van der Waals surface area contributed by atoms with Gasteiger partial charge in [0.25, 0.3) is 0 Å². The lowest BCUT2D eigenvalue weighted by Crippen LogP contribution is -2.39. The van der Waals surface area contributed by atoms with Crippen molar-refractivity contribution in [3.63, 3.8) is 0 Å². The van der Waals surface area contributed by atoms with Crippen molar-refractivity contribution < 1.29 is 4.74 Å². The van der Waals surface area contributed by atoms with E-state index in [4.69, 9.17) is 4.74 Å². The van der Waals surface area contributed by atoms with Gasteiger partial charge in [0, 0.05) is 38.6 Å². The number of nitrogens with zero attached hydrogens (tertiary/aromatic N) is 5. The van der Waals surface area contributed by atoms with Crippen LogP contribution in [-0.2, 0) is 18.2 Å². The van der Waals surface area contributed by atoms with Gasteiger partial charge >= 0.3 is 0 Å². The summed E-state index contributed by atoms with van der Waals surface area (Å²) in [6.07, 6.45) is 11.1. The molecule has 3 aliphatic rings. The predicted molar refractivity (Wildman–Crippen MR) is 117 cm³/mol. The third-order valence-corrected chi connectivity index (χ3v) is 7.83. The molecular weight excluding hydrogens is 374 g/mol. The Hall–Kier alpha value is -1.79. The second kappa shape index (κ2) is 8.39. The van der Waals surface area contributed by atoms with E-state index in [1.54, 1.807) is 0 Å². The standard InChI is InChI=1S/C24H35N5O/c1-18-22(17-28(2)27-18)23-6-5-21(25-26-23)4-3-20-15-24(20)9-11-29(12-10-24)16-19-7-13-30-14-8-19/h5-6,17,19-20H,3-4,7-16H2,1-2H3. The largest absolute Gasteiger partial charge is 0.381 e. The number of rotatable bonds is 6. The minimum atomic E-state index is 0.645. The van der Waals surface area contributed by atoms with Crippen LogP contribution >= 0.6 is 0 Å². The van der Waals surface area contributed by atoms with Gasteiger partial charge in [-0.05, 0) is 94.3 Å². The highest BCUT2D eigenvalue weighted by Crippen LogP contribution is 2.61. The molecule has 1 saturated carbocycles. The average Bonchev–Trinajstić information content (AvgIpc) is 3.33. The Balaban J connectivity index is 1.08. The van der Waals surface area contributed by atoms with Crippen molar-refractivity contribution in [2.45, 2.75) is 51.9 Å². The lowest BCUT2D eigenvalue weighted by Gasteiger charge is -2.36. The van der Waals surface area contributed by atoms with Gasteiger partial charge in [-0.3, -0.25) is 4.68 Å². The van der Waals surface area contributed by atoms with Gasteiger partial charge in [0.2, 0.25) is 0 Å². The molecule has 2 aliphatic heterocycles. The molecule has 0 bridgehead atoms. The monoisotopic (exact) mass is 409 g/mol. The molecule has 4 heterocycles. The fourth-order valence-corrected chi connectivity index (χ4v) is 5.74. The molecule has 6 heteroatoms. The number of ether oxygens (including phenoxy) is 1. The molecule has 162 valence electrons. The van der Waals surface area contributed by atoms with Gasteiger partial charge in [0.1, 0.15) is 0 Å². The lowest BCUT2D eigenvalue weighted by molar-refractivity contribution is 0.0447. The molecule has 1 spiro atoms. The quantitative estimate of drug-likeness (QED) is 0.729. The number of aromatic nitrogens is 4. The molecule has 1 unspecified atom stereocenters. The first kappa shape index (κ1) is 20.1. The molecule has 5 rings (SSSR count). The molecule has 2 aromatic rings. The van der Waals surface area contributed by atoms with Crippen molar-refractivity contribution in [1.82, 2.24) is 24.9 Å². The summed E-state index contributed by atoms with van der Waals surface area (Å²) in [5.41, 5.74) is 4.77. The van der Waals surface area contributed by atoms with Crippen LogP contribution in [0.5, 0.6) is 0 Å². The van der Waals surface area contributed by atoms with E-state index >= 15 is 0 Å². The van der Waals surface area contributed by atoms with E-state index in [1.165, 1.54) is 58.2 Å². The summed E-state index contributed by atoms with van der Waals surface area (Å²) in [4.78, 5) is 2.72. The van der Waals surface area contributed by atoms with E-state index in [-0.39, 0.29) is 0 Å². The van der Waals surface area contributed by atoms with Crippen LogP contribution in [0.1, 0.15) is 49.9 Å². The first-order chi connectivity index (χ1) is 14.6. The van der Waals surface area contributed by atoms with Crippen molar-refractivity contribution in [2.75, 3.05) is 32.8 Å². The Kier molecular flexibility index (Phi) is 5.63. The maximum absolute atomic E-state index is 5.51. The van der Waals surface area contributed by atoms with Gasteiger partial charge in [-0.2, -0.15) is 15.3 Å². The maximum Gasteiger partial charge on any atom is 0.0964 e. The van der Waals surface area contributed by atoms with Gasteiger partial charge in [-0.15, -0.1) is 0 Å². The zero-order valence-corrected chi connectivity index (χ0v) is 18.5. The zero-order valence-electron chi connectivity index (χ0n) is 18.5. The van der Waals surface area contributed by atoms with Crippen molar-refractivity contribution in [3.05, 3.63) is 29.7 Å². The van der Waals surface area contributed by atoms with E-state index in [0.717, 1.165) is 54.1 Å². The number of aryl methyl sites for hydroxylation is 3. The van der Waals surface area contributed by atoms with Crippen molar-refractivity contribution >= 4 is 0 Å². The van der Waals surface area contributed by atoms with Crippen LogP contribution in [0, 0.1) is 24.2 Å². The summed E-state index contributed by atoms with van der Waals surface area (Å²) in [5.74, 6) is 1.75. The number of piperidine rings is 1. The van der Waals surface area contributed by atoms with Crippen LogP contribution in [0.3, 0.4) is 0 Å². The highest BCUT2D eigenvalue weighted by Gasteiger charge is 2.53. The Bertz CT molecular complexity index is 847. The van der Waals surface area contributed by atoms with Crippen molar-refractivity contribution in [3.8, 4) is 11.3 Å². The molecule has 1 atom stereocenters. The zero-order chi connectivity index (χ0) is 20.6. The van der Waals surface area contributed by atoms with E-state index < -0.39 is 0 Å². The molecule has 0 radical (unpaired) electrons. The summed E-state index contributed by atoms with van der Waals surface area (Å²) in [6, 6.07) is 4.25. The third-order valence-electron chi connectivity index (χ3n) is 7.83. The Morgan fingerprint density at radius 1 is 1.13 bits per heavy atom. The van der Waals surface area contributed by atoms with Crippen LogP contribution in [0.4, 0.5) is 0 Å². The van der Waals surface area contributed by atoms with Crippen LogP contribution in [-0.4, -0.2) is 57.7 Å². The minimum absolute atomic E-state index is 0.645. The molecule has 30 heavy (non-hydrogen) atoms. The molecule has 0 aromatic carbocycles. The molecule has 6 nitrogen and oxygen atoms in total. The number of likely N-dealkylation sites (tertiary alicyclic amines) is 1. The Morgan fingerprint density at radius 3 is 2.60 bits per heavy atom. The normalized spacial score (nSPS) is 24.4. The van der Waals surface area contributed by atoms with Gasteiger partial charge in [0.15, 0.2) is 0 Å². The van der Waals surface area contributed by atoms with Crippen LogP contribution in [0.2, 0.25) is 0 Å². The first-order valence-corrected chi connectivity index (χ1v) is 11.7.